The Morgan fingerprint density at radius 2 is 1.89 bits per heavy atom. The van der Waals surface area contributed by atoms with Crippen molar-refractivity contribution in [3.63, 3.8) is 0 Å². The van der Waals surface area contributed by atoms with E-state index in [0.29, 0.717) is 17.0 Å². The molecule has 0 aliphatic carbocycles. The summed E-state index contributed by atoms with van der Waals surface area (Å²) in [6.45, 7) is 0.0680. The highest BCUT2D eigenvalue weighted by Gasteiger charge is 2.10. The van der Waals surface area contributed by atoms with Crippen molar-refractivity contribution >= 4 is 17.4 Å². The number of anilines is 2. The molecule has 3 rings (SSSR count). The Balaban J connectivity index is 1.74. The molecule has 3 aromatic rings. The maximum atomic E-state index is 13.8. The van der Waals surface area contributed by atoms with Crippen LogP contribution in [-0.2, 0) is 6.54 Å². The molecular weight excluding hydrogens is 349 g/mol. The third-order valence-corrected chi connectivity index (χ3v) is 3.89. The Labute approximate surface area is 155 Å². The molecule has 1 aromatic heterocycles. The van der Waals surface area contributed by atoms with Crippen molar-refractivity contribution < 1.29 is 13.9 Å². The number of methoxy groups -OCH3 is 1. The number of nitrogens with one attached hydrogen (secondary N) is 2. The summed E-state index contributed by atoms with van der Waals surface area (Å²) in [6.07, 6.45) is 1.54. The predicted octanol–water partition coefficient (Wildman–Crippen LogP) is 3.69. The van der Waals surface area contributed by atoms with Crippen LogP contribution < -0.4 is 20.9 Å². The van der Waals surface area contributed by atoms with Crippen LogP contribution in [-0.4, -0.2) is 17.7 Å². The first kappa shape index (κ1) is 18.2. The summed E-state index contributed by atoms with van der Waals surface area (Å²) in [4.78, 5) is 24.7. The summed E-state index contributed by atoms with van der Waals surface area (Å²) in [5.41, 5.74) is 0.572. The molecule has 0 fully saturated rings. The van der Waals surface area contributed by atoms with Gasteiger partial charge in [0.05, 0.1) is 13.7 Å². The number of benzene rings is 2. The Bertz CT molecular complexity index is 1020. The number of hydrogen-bond donors (Lipinski definition) is 2. The van der Waals surface area contributed by atoms with Crippen LogP contribution in [0.3, 0.4) is 0 Å². The van der Waals surface area contributed by atoms with Gasteiger partial charge in [-0.1, -0.05) is 24.3 Å². The first-order valence-corrected chi connectivity index (χ1v) is 8.22. The van der Waals surface area contributed by atoms with Crippen LogP contribution in [0.15, 0.2) is 71.7 Å². The van der Waals surface area contributed by atoms with Crippen molar-refractivity contribution in [3.8, 4) is 5.75 Å². The van der Waals surface area contributed by atoms with Crippen LogP contribution in [0.2, 0.25) is 0 Å². The van der Waals surface area contributed by atoms with Crippen molar-refractivity contribution in [1.82, 2.24) is 4.57 Å². The zero-order valence-corrected chi connectivity index (χ0v) is 14.6. The van der Waals surface area contributed by atoms with Gasteiger partial charge < -0.3 is 19.9 Å². The SMILES string of the molecule is COc1cccc(NC(=O)Nc2cccn(Cc3ccccc3F)c2=O)c1. The largest absolute Gasteiger partial charge is 0.497 e. The second-order valence-electron chi connectivity index (χ2n) is 5.76. The van der Waals surface area contributed by atoms with Gasteiger partial charge in [0.25, 0.3) is 5.56 Å². The summed E-state index contributed by atoms with van der Waals surface area (Å²) in [5, 5.41) is 5.15. The number of carbonyl (C=O) groups excluding carboxylic acids is 1. The number of aromatic nitrogens is 1. The van der Waals surface area contributed by atoms with E-state index in [1.807, 2.05) is 0 Å². The summed E-state index contributed by atoms with van der Waals surface area (Å²) < 4.78 is 20.2. The van der Waals surface area contributed by atoms with E-state index in [1.54, 1.807) is 54.7 Å². The lowest BCUT2D eigenvalue weighted by molar-refractivity contribution is 0.262. The summed E-state index contributed by atoms with van der Waals surface area (Å²) in [7, 11) is 1.53. The van der Waals surface area contributed by atoms with Gasteiger partial charge in [0.2, 0.25) is 0 Å². The second-order valence-corrected chi connectivity index (χ2v) is 5.76. The van der Waals surface area contributed by atoms with E-state index in [1.165, 1.54) is 23.8 Å². The number of nitrogens with zero attached hydrogens (tertiary/aromatic N) is 1. The molecule has 0 unspecified atom stereocenters. The van der Waals surface area contributed by atoms with Gasteiger partial charge in [-0.25, -0.2) is 9.18 Å². The average Bonchev–Trinajstić information content (AvgIpc) is 2.67. The molecule has 0 saturated heterocycles. The fourth-order valence-electron chi connectivity index (χ4n) is 2.55. The van der Waals surface area contributed by atoms with Crippen LogP contribution >= 0.6 is 0 Å². The van der Waals surface area contributed by atoms with Gasteiger partial charge in [-0.3, -0.25) is 4.79 Å². The number of halogens is 1. The molecule has 0 aliphatic rings. The Hall–Kier alpha value is -3.61. The van der Waals surface area contributed by atoms with E-state index in [-0.39, 0.29) is 12.2 Å². The number of hydrogen-bond acceptors (Lipinski definition) is 3. The number of rotatable bonds is 5. The van der Waals surface area contributed by atoms with Crippen molar-refractivity contribution in [2.75, 3.05) is 17.7 Å². The average molecular weight is 367 g/mol. The van der Waals surface area contributed by atoms with Gasteiger partial charge in [0, 0.05) is 23.5 Å². The number of carbonyl (C=O) groups is 1. The minimum Gasteiger partial charge on any atom is -0.497 e. The predicted molar refractivity (Wildman–Crippen MR) is 102 cm³/mol. The van der Waals surface area contributed by atoms with E-state index >= 15 is 0 Å². The third-order valence-electron chi connectivity index (χ3n) is 3.89. The van der Waals surface area contributed by atoms with Gasteiger partial charge >= 0.3 is 6.03 Å². The van der Waals surface area contributed by atoms with E-state index in [0.717, 1.165) is 0 Å². The molecule has 0 spiro atoms. The number of urea groups is 1. The number of amides is 2. The van der Waals surface area contributed by atoms with Gasteiger partial charge in [-0.2, -0.15) is 0 Å². The molecule has 27 heavy (non-hydrogen) atoms. The highest BCUT2D eigenvalue weighted by Crippen LogP contribution is 2.17. The van der Waals surface area contributed by atoms with E-state index in [9.17, 15) is 14.0 Å². The molecule has 6 nitrogen and oxygen atoms in total. The van der Waals surface area contributed by atoms with Crippen molar-refractivity contribution in [2.24, 2.45) is 0 Å². The minimum atomic E-state index is -0.566. The topological polar surface area (TPSA) is 72.4 Å². The Morgan fingerprint density at radius 3 is 2.67 bits per heavy atom. The Kier molecular flexibility index (Phi) is 5.51. The zero-order valence-electron chi connectivity index (χ0n) is 14.6. The van der Waals surface area contributed by atoms with Gasteiger partial charge in [-0.15, -0.1) is 0 Å². The van der Waals surface area contributed by atoms with E-state index < -0.39 is 17.4 Å². The summed E-state index contributed by atoms with van der Waals surface area (Å²) in [5.74, 6) is 0.207. The molecule has 7 heteroatoms. The molecule has 138 valence electrons. The molecule has 0 bridgehead atoms. The lowest BCUT2D eigenvalue weighted by Gasteiger charge is -2.11. The van der Waals surface area contributed by atoms with Crippen LogP contribution in [0, 0.1) is 5.82 Å². The van der Waals surface area contributed by atoms with E-state index in [4.69, 9.17) is 4.74 Å². The molecule has 0 atom stereocenters. The first-order chi connectivity index (χ1) is 13.1. The monoisotopic (exact) mass is 367 g/mol. The molecule has 2 amide bonds. The van der Waals surface area contributed by atoms with Crippen LogP contribution in [0.1, 0.15) is 5.56 Å². The van der Waals surface area contributed by atoms with Crippen molar-refractivity contribution in [1.29, 1.82) is 0 Å². The van der Waals surface area contributed by atoms with Crippen molar-refractivity contribution in [3.05, 3.63) is 88.6 Å². The Morgan fingerprint density at radius 1 is 1.07 bits per heavy atom. The van der Waals surface area contributed by atoms with Crippen molar-refractivity contribution in [2.45, 2.75) is 6.54 Å². The molecule has 0 saturated carbocycles. The quantitative estimate of drug-likeness (QED) is 0.722. The number of pyridine rings is 1. The fraction of sp³-hybridized carbons (Fsp3) is 0.100. The summed E-state index contributed by atoms with van der Waals surface area (Å²) in [6, 6.07) is 15.6. The lowest BCUT2D eigenvalue weighted by atomic mass is 10.2. The van der Waals surface area contributed by atoms with Gasteiger partial charge in [0.15, 0.2) is 0 Å². The maximum absolute atomic E-state index is 13.8. The molecule has 0 aliphatic heterocycles. The molecule has 1 heterocycles. The standard InChI is InChI=1S/C20H18FN3O3/c1-27-16-8-4-7-15(12-16)22-20(26)23-18-10-5-11-24(19(18)25)13-14-6-2-3-9-17(14)21/h2-12H,13H2,1H3,(H2,22,23,26). The second kappa shape index (κ2) is 8.18. The highest BCUT2D eigenvalue weighted by molar-refractivity contribution is 5.99. The van der Waals surface area contributed by atoms with Crippen LogP contribution in [0.4, 0.5) is 20.6 Å². The lowest BCUT2D eigenvalue weighted by Crippen LogP contribution is -2.28. The van der Waals surface area contributed by atoms with E-state index in [2.05, 4.69) is 10.6 Å². The third kappa shape index (κ3) is 4.52. The minimum absolute atomic E-state index is 0.0680. The maximum Gasteiger partial charge on any atom is 0.323 e. The first-order valence-electron chi connectivity index (χ1n) is 8.22. The fourth-order valence-corrected chi connectivity index (χ4v) is 2.55. The molecular formula is C20H18FN3O3. The molecule has 0 radical (unpaired) electrons. The van der Waals surface area contributed by atoms with Gasteiger partial charge in [0.1, 0.15) is 17.3 Å². The molecule has 2 N–H and O–H groups in total. The zero-order chi connectivity index (χ0) is 19.2. The van der Waals surface area contributed by atoms with Crippen LogP contribution in [0.25, 0.3) is 0 Å². The summed E-state index contributed by atoms with van der Waals surface area (Å²) >= 11 is 0. The highest BCUT2D eigenvalue weighted by atomic mass is 19.1. The number of ether oxygens (including phenoxy) is 1. The van der Waals surface area contributed by atoms with Gasteiger partial charge in [-0.05, 0) is 30.3 Å². The normalized spacial score (nSPS) is 10.3. The molecule has 2 aromatic carbocycles. The van der Waals surface area contributed by atoms with Crippen LogP contribution in [0.5, 0.6) is 5.75 Å². The smallest absolute Gasteiger partial charge is 0.323 e.